The van der Waals surface area contributed by atoms with Gasteiger partial charge in [0.25, 0.3) is 0 Å². The smallest absolute Gasteiger partial charge is 0.0640 e. The van der Waals surface area contributed by atoms with Crippen LogP contribution in [0.15, 0.2) is 22.7 Å². The van der Waals surface area contributed by atoms with Crippen molar-refractivity contribution < 1.29 is 0 Å². The Morgan fingerprint density at radius 2 is 2.28 bits per heavy atom. The van der Waals surface area contributed by atoms with Gasteiger partial charge >= 0.3 is 0 Å². The minimum atomic E-state index is 0.0452. The van der Waals surface area contributed by atoms with E-state index in [2.05, 4.69) is 45.1 Å². The van der Waals surface area contributed by atoms with Gasteiger partial charge in [0.05, 0.1) is 18.2 Å². The molecule has 0 bridgehead atoms. The Kier molecular flexibility index (Phi) is 4.26. The van der Waals surface area contributed by atoms with Gasteiger partial charge in [-0.3, -0.25) is 0 Å². The molecule has 0 heterocycles. The van der Waals surface area contributed by atoms with E-state index < -0.39 is 0 Å². The maximum atomic E-state index is 8.75. The number of rotatable bonds is 5. The normalized spacial score (nSPS) is 16.1. The van der Waals surface area contributed by atoms with Crippen molar-refractivity contribution in [3.05, 3.63) is 28.2 Å². The lowest BCUT2D eigenvalue weighted by Gasteiger charge is -2.25. The summed E-state index contributed by atoms with van der Waals surface area (Å²) < 4.78 is 1.07. The van der Waals surface area contributed by atoms with E-state index in [1.807, 2.05) is 6.92 Å². The molecular formula is C14H18BrN3. The van der Waals surface area contributed by atoms with Gasteiger partial charge in [-0.1, -0.05) is 6.07 Å². The largest absolute Gasteiger partial charge is 0.367 e. The number of nitriles is 1. The van der Waals surface area contributed by atoms with Crippen molar-refractivity contribution in [2.45, 2.75) is 38.3 Å². The molecule has 1 aromatic rings. The average Bonchev–Trinajstić information content (AvgIpc) is 3.15. The molecule has 0 amide bonds. The second kappa shape index (κ2) is 5.73. The maximum Gasteiger partial charge on any atom is 0.0640 e. The number of benzene rings is 1. The molecule has 1 aliphatic carbocycles. The number of nitrogens with zero attached hydrogens (tertiary/aromatic N) is 2. The lowest BCUT2D eigenvalue weighted by atomic mass is 10.1. The summed E-state index contributed by atoms with van der Waals surface area (Å²) in [5.74, 6) is 0. The van der Waals surface area contributed by atoms with Crippen LogP contribution in [-0.2, 0) is 0 Å². The van der Waals surface area contributed by atoms with Gasteiger partial charge in [-0.15, -0.1) is 0 Å². The third-order valence-electron chi connectivity index (χ3n) is 3.26. The fraction of sp³-hybridized carbons (Fsp3) is 0.500. The van der Waals surface area contributed by atoms with Gasteiger partial charge in [-0.25, -0.2) is 0 Å². The highest BCUT2D eigenvalue weighted by molar-refractivity contribution is 9.10. The van der Waals surface area contributed by atoms with E-state index >= 15 is 0 Å². The first-order chi connectivity index (χ1) is 8.63. The zero-order valence-corrected chi connectivity index (χ0v) is 12.2. The van der Waals surface area contributed by atoms with Gasteiger partial charge in [0.1, 0.15) is 0 Å². The van der Waals surface area contributed by atoms with E-state index in [0.29, 0.717) is 12.5 Å². The van der Waals surface area contributed by atoms with E-state index in [1.165, 1.54) is 18.5 Å². The first kappa shape index (κ1) is 13.4. The second-order valence-corrected chi connectivity index (χ2v) is 5.69. The van der Waals surface area contributed by atoms with Crippen LogP contribution in [0, 0.1) is 11.3 Å². The number of nitrogens with two attached hydrogens (primary N) is 1. The molecule has 1 fully saturated rings. The fourth-order valence-electron chi connectivity index (χ4n) is 2.10. The lowest BCUT2D eigenvalue weighted by molar-refractivity contribution is 0.786. The van der Waals surface area contributed by atoms with E-state index in [1.54, 1.807) is 0 Å². The number of halogens is 1. The molecule has 2 N–H and O–H groups in total. The van der Waals surface area contributed by atoms with Crippen LogP contribution in [0.2, 0.25) is 0 Å². The fourth-order valence-corrected chi connectivity index (χ4v) is 2.72. The van der Waals surface area contributed by atoms with Gasteiger partial charge in [-0.05, 0) is 53.4 Å². The van der Waals surface area contributed by atoms with Gasteiger partial charge in [-0.2, -0.15) is 5.26 Å². The predicted molar refractivity (Wildman–Crippen MR) is 77.3 cm³/mol. The Labute approximate surface area is 117 Å². The summed E-state index contributed by atoms with van der Waals surface area (Å²) in [6.07, 6.45) is 3.03. The Balaban J connectivity index is 2.22. The topological polar surface area (TPSA) is 53.0 Å². The number of hydrogen-bond donors (Lipinski definition) is 1. The molecule has 1 unspecified atom stereocenters. The summed E-state index contributed by atoms with van der Waals surface area (Å²) in [6, 6.07) is 9.15. The summed E-state index contributed by atoms with van der Waals surface area (Å²) in [7, 11) is 0. The molecular weight excluding hydrogens is 290 g/mol. The molecule has 2 rings (SSSR count). The quantitative estimate of drug-likeness (QED) is 0.907. The molecule has 1 saturated carbocycles. The van der Waals surface area contributed by atoms with Crippen LogP contribution in [0.1, 0.15) is 37.8 Å². The van der Waals surface area contributed by atoms with Crippen LogP contribution in [-0.4, -0.2) is 12.6 Å². The first-order valence-electron chi connectivity index (χ1n) is 6.32. The van der Waals surface area contributed by atoms with E-state index in [-0.39, 0.29) is 6.04 Å². The highest BCUT2D eigenvalue weighted by Crippen LogP contribution is 2.36. The van der Waals surface area contributed by atoms with Gasteiger partial charge in [0, 0.05) is 23.1 Å². The Hall–Kier alpha value is -1.05. The van der Waals surface area contributed by atoms with E-state index in [4.69, 9.17) is 11.0 Å². The van der Waals surface area contributed by atoms with E-state index in [9.17, 15) is 0 Å². The minimum absolute atomic E-state index is 0.0452. The molecule has 1 aliphatic rings. The van der Waals surface area contributed by atoms with Crippen LogP contribution < -0.4 is 10.6 Å². The highest BCUT2D eigenvalue weighted by atomic mass is 79.9. The molecule has 0 aromatic heterocycles. The summed E-state index contributed by atoms with van der Waals surface area (Å²) in [6.45, 7) is 2.78. The Bertz CT molecular complexity index is 461. The third-order valence-corrected chi connectivity index (χ3v) is 3.89. The van der Waals surface area contributed by atoms with Crippen molar-refractivity contribution in [3.63, 3.8) is 0 Å². The van der Waals surface area contributed by atoms with Crippen LogP contribution in [0.3, 0.4) is 0 Å². The molecule has 0 saturated heterocycles. The minimum Gasteiger partial charge on any atom is -0.367 e. The molecule has 0 radical (unpaired) electrons. The molecule has 1 aromatic carbocycles. The van der Waals surface area contributed by atoms with Crippen molar-refractivity contribution >= 4 is 21.6 Å². The summed E-state index contributed by atoms with van der Waals surface area (Å²) in [4.78, 5) is 2.33. The predicted octanol–water partition coefficient (Wildman–Crippen LogP) is 3.35. The van der Waals surface area contributed by atoms with Crippen molar-refractivity contribution in [1.82, 2.24) is 0 Å². The second-order valence-electron chi connectivity index (χ2n) is 4.83. The SMILES string of the molecule is CC(N)c1ccc(N(CCC#N)C2CC2)c(Br)c1. The standard InChI is InChI=1S/C14H18BrN3/c1-10(17)11-3-6-14(13(15)9-11)18(8-2-7-16)12-4-5-12/h3,6,9-10,12H,2,4-5,8,17H2,1H3. The zero-order chi connectivity index (χ0) is 13.1. The summed E-state index contributed by atoms with van der Waals surface area (Å²) in [5, 5.41) is 8.75. The zero-order valence-electron chi connectivity index (χ0n) is 10.6. The van der Waals surface area contributed by atoms with Gasteiger partial charge in [0.2, 0.25) is 0 Å². The third kappa shape index (κ3) is 3.04. The van der Waals surface area contributed by atoms with Crippen molar-refractivity contribution in [2.75, 3.05) is 11.4 Å². The molecule has 3 nitrogen and oxygen atoms in total. The molecule has 18 heavy (non-hydrogen) atoms. The summed E-state index contributed by atoms with van der Waals surface area (Å²) >= 11 is 3.62. The van der Waals surface area contributed by atoms with Gasteiger partial charge in [0.15, 0.2) is 0 Å². The number of hydrogen-bond acceptors (Lipinski definition) is 3. The van der Waals surface area contributed by atoms with Crippen molar-refractivity contribution in [2.24, 2.45) is 5.73 Å². The van der Waals surface area contributed by atoms with E-state index in [0.717, 1.165) is 16.6 Å². The molecule has 1 atom stereocenters. The van der Waals surface area contributed by atoms with Crippen LogP contribution in [0.5, 0.6) is 0 Å². The lowest BCUT2D eigenvalue weighted by Crippen LogP contribution is -2.27. The Morgan fingerprint density at radius 3 is 2.78 bits per heavy atom. The monoisotopic (exact) mass is 307 g/mol. The molecule has 0 spiro atoms. The van der Waals surface area contributed by atoms with Crippen LogP contribution in [0.25, 0.3) is 0 Å². The van der Waals surface area contributed by atoms with Crippen LogP contribution >= 0.6 is 15.9 Å². The maximum absolute atomic E-state index is 8.75. The Morgan fingerprint density at radius 1 is 1.56 bits per heavy atom. The van der Waals surface area contributed by atoms with Crippen molar-refractivity contribution in [1.29, 1.82) is 5.26 Å². The number of anilines is 1. The summed E-state index contributed by atoms with van der Waals surface area (Å²) in [5.41, 5.74) is 8.19. The first-order valence-corrected chi connectivity index (χ1v) is 7.11. The average molecular weight is 308 g/mol. The molecule has 0 aliphatic heterocycles. The highest BCUT2D eigenvalue weighted by Gasteiger charge is 2.29. The van der Waals surface area contributed by atoms with Crippen LogP contribution in [0.4, 0.5) is 5.69 Å². The van der Waals surface area contributed by atoms with Crippen molar-refractivity contribution in [3.8, 4) is 6.07 Å². The molecule has 4 heteroatoms. The van der Waals surface area contributed by atoms with Gasteiger partial charge < -0.3 is 10.6 Å². The molecule has 96 valence electrons.